The first-order chi connectivity index (χ1) is 13.2. The fourth-order valence-electron chi connectivity index (χ4n) is 3.50. The van der Waals surface area contributed by atoms with E-state index in [0.29, 0.717) is 0 Å². The van der Waals surface area contributed by atoms with Crippen molar-refractivity contribution in [2.45, 2.75) is 39.3 Å². The van der Waals surface area contributed by atoms with E-state index in [1.165, 1.54) is 37.1 Å². The fraction of sp³-hybridized carbons (Fsp3) is 0.500. The number of benzene rings is 1. The molecule has 5 heteroatoms. The maximum absolute atomic E-state index is 5.37. The summed E-state index contributed by atoms with van der Waals surface area (Å²) in [7, 11) is 1.81. The van der Waals surface area contributed by atoms with E-state index >= 15 is 0 Å². The van der Waals surface area contributed by atoms with Crippen LogP contribution in [0.1, 0.15) is 36.7 Å². The van der Waals surface area contributed by atoms with Gasteiger partial charge in [0.2, 0.25) is 0 Å². The van der Waals surface area contributed by atoms with Gasteiger partial charge in [0.05, 0.1) is 6.26 Å². The second kappa shape index (κ2) is 10.2. The summed E-state index contributed by atoms with van der Waals surface area (Å²) in [6.45, 7) is 7.38. The van der Waals surface area contributed by atoms with Gasteiger partial charge in [-0.25, -0.2) is 0 Å². The molecule has 1 aliphatic rings. The van der Waals surface area contributed by atoms with Crippen molar-refractivity contribution in [1.29, 1.82) is 0 Å². The van der Waals surface area contributed by atoms with Gasteiger partial charge in [0.25, 0.3) is 0 Å². The number of furan rings is 1. The molecule has 1 fully saturated rings. The van der Waals surface area contributed by atoms with E-state index in [9.17, 15) is 0 Å². The molecule has 1 saturated heterocycles. The molecule has 3 rings (SSSR count). The summed E-state index contributed by atoms with van der Waals surface area (Å²) in [5.41, 5.74) is 2.75. The molecule has 0 radical (unpaired) electrons. The number of nitrogens with one attached hydrogen (secondary N) is 2. The van der Waals surface area contributed by atoms with Crippen LogP contribution in [0.5, 0.6) is 0 Å². The number of hydrogen-bond acceptors (Lipinski definition) is 3. The molecule has 1 aromatic heterocycles. The Kier molecular flexibility index (Phi) is 7.34. The number of guanidine groups is 1. The molecule has 1 aliphatic heterocycles. The summed E-state index contributed by atoms with van der Waals surface area (Å²) >= 11 is 0. The van der Waals surface area contributed by atoms with E-state index in [1.807, 2.05) is 19.2 Å². The van der Waals surface area contributed by atoms with E-state index in [1.54, 1.807) is 6.26 Å². The second-order valence-corrected chi connectivity index (χ2v) is 7.41. The van der Waals surface area contributed by atoms with Crippen LogP contribution in [0, 0.1) is 5.92 Å². The van der Waals surface area contributed by atoms with Crippen LogP contribution in [-0.4, -0.2) is 37.5 Å². The van der Waals surface area contributed by atoms with Crippen LogP contribution in [-0.2, 0) is 19.5 Å². The third-order valence-electron chi connectivity index (χ3n) is 5.30. The van der Waals surface area contributed by atoms with Crippen LogP contribution < -0.4 is 10.6 Å². The van der Waals surface area contributed by atoms with Gasteiger partial charge < -0.3 is 15.1 Å². The zero-order valence-corrected chi connectivity index (χ0v) is 16.6. The highest BCUT2D eigenvalue weighted by atomic mass is 16.3. The SMILES string of the molecule is CN=C(NCCc1ccco1)NCc1ccccc1CN1CCC(C)CC1. The molecule has 0 amide bonds. The molecule has 146 valence electrons. The first-order valence-corrected chi connectivity index (χ1v) is 10.0. The van der Waals surface area contributed by atoms with Gasteiger partial charge in [-0.05, 0) is 55.1 Å². The maximum atomic E-state index is 5.37. The monoisotopic (exact) mass is 368 g/mol. The molecule has 0 atom stereocenters. The molecular weight excluding hydrogens is 336 g/mol. The first-order valence-electron chi connectivity index (χ1n) is 10.0. The lowest BCUT2D eigenvalue weighted by Crippen LogP contribution is -2.38. The summed E-state index contributed by atoms with van der Waals surface area (Å²) in [5, 5.41) is 6.79. The molecular formula is C22H32N4O. The van der Waals surface area contributed by atoms with Crippen molar-refractivity contribution in [3.05, 3.63) is 59.5 Å². The van der Waals surface area contributed by atoms with Crippen molar-refractivity contribution in [2.75, 3.05) is 26.7 Å². The lowest BCUT2D eigenvalue weighted by molar-refractivity contribution is 0.185. The minimum absolute atomic E-state index is 0.779. The lowest BCUT2D eigenvalue weighted by Gasteiger charge is -2.30. The zero-order valence-electron chi connectivity index (χ0n) is 16.6. The lowest BCUT2D eigenvalue weighted by atomic mass is 9.98. The maximum Gasteiger partial charge on any atom is 0.191 e. The van der Waals surface area contributed by atoms with Gasteiger partial charge in [0.1, 0.15) is 5.76 Å². The van der Waals surface area contributed by atoms with Crippen LogP contribution in [0.3, 0.4) is 0 Å². The smallest absolute Gasteiger partial charge is 0.191 e. The Morgan fingerprint density at radius 1 is 1.11 bits per heavy atom. The molecule has 2 N–H and O–H groups in total. The van der Waals surface area contributed by atoms with Crippen LogP contribution in [0.2, 0.25) is 0 Å². The predicted octanol–water partition coefficient (Wildman–Crippen LogP) is 3.42. The Hall–Kier alpha value is -2.27. The molecule has 5 nitrogen and oxygen atoms in total. The Morgan fingerprint density at radius 2 is 1.89 bits per heavy atom. The normalized spacial score (nSPS) is 16.4. The molecule has 1 aromatic carbocycles. The highest BCUT2D eigenvalue weighted by molar-refractivity contribution is 5.79. The van der Waals surface area contributed by atoms with E-state index in [2.05, 4.69) is 51.7 Å². The van der Waals surface area contributed by atoms with E-state index in [-0.39, 0.29) is 0 Å². The van der Waals surface area contributed by atoms with Crippen molar-refractivity contribution in [2.24, 2.45) is 10.9 Å². The Morgan fingerprint density at radius 3 is 2.59 bits per heavy atom. The second-order valence-electron chi connectivity index (χ2n) is 7.41. The molecule has 0 unspecified atom stereocenters. The van der Waals surface area contributed by atoms with Gasteiger partial charge in [-0.2, -0.15) is 0 Å². The van der Waals surface area contributed by atoms with Gasteiger partial charge in [0, 0.05) is 33.1 Å². The summed E-state index contributed by atoms with van der Waals surface area (Å²) in [4.78, 5) is 6.91. The number of aliphatic imine (C=N–C) groups is 1. The minimum Gasteiger partial charge on any atom is -0.469 e. The average Bonchev–Trinajstić information content (AvgIpc) is 3.21. The van der Waals surface area contributed by atoms with Crippen molar-refractivity contribution < 1.29 is 4.42 Å². The molecule has 0 bridgehead atoms. The van der Waals surface area contributed by atoms with Crippen LogP contribution >= 0.6 is 0 Å². The van der Waals surface area contributed by atoms with Gasteiger partial charge >= 0.3 is 0 Å². The first kappa shape index (κ1) is 19.5. The summed E-state index contributed by atoms with van der Waals surface area (Å²) in [5.74, 6) is 2.68. The molecule has 0 saturated carbocycles. The van der Waals surface area contributed by atoms with Gasteiger partial charge in [-0.3, -0.25) is 9.89 Å². The van der Waals surface area contributed by atoms with Crippen molar-refractivity contribution in [3.63, 3.8) is 0 Å². The number of nitrogens with zero attached hydrogens (tertiary/aromatic N) is 2. The number of likely N-dealkylation sites (tertiary alicyclic amines) is 1. The molecule has 0 spiro atoms. The standard InChI is InChI=1S/C22H32N4O/c1-18-10-13-26(14-11-18)17-20-7-4-3-6-19(20)16-25-22(23-2)24-12-9-21-8-5-15-27-21/h3-8,15,18H,9-14,16-17H2,1-2H3,(H2,23,24,25). The van der Waals surface area contributed by atoms with Gasteiger partial charge in [-0.1, -0.05) is 31.2 Å². The molecule has 2 aromatic rings. The molecule has 27 heavy (non-hydrogen) atoms. The van der Waals surface area contributed by atoms with Crippen molar-refractivity contribution in [3.8, 4) is 0 Å². The largest absolute Gasteiger partial charge is 0.469 e. The van der Waals surface area contributed by atoms with E-state index < -0.39 is 0 Å². The summed E-state index contributed by atoms with van der Waals surface area (Å²) in [6, 6.07) is 12.6. The highest BCUT2D eigenvalue weighted by Crippen LogP contribution is 2.19. The van der Waals surface area contributed by atoms with Crippen LogP contribution in [0.15, 0.2) is 52.1 Å². The van der Waals surface area contributed by atoms with E-state index in [0.717, 1.165) is 43.7 Å². The quantitative estimate of drug-likeness (QED) is 0.581. The fourth-order valence-corrected chi connectivity index (χ4v) is 3.50. The average molecular weight is 369 g/mol. The minimum atomic E-state index is 0.779. The van der Waals surface area contributed by atoms with Crippen molar-refractivity contribution >= 4 is 5.96 Å². The Bertz CT molecular complexity index is 703. The molecule has 2 heterocycles. The Labute approximate surface area is 162 Å². The highest BCUT2D eigenvalue weighted by Gasteiger charge is 2.16. The zero-order chi connectivity index (χ0) is 18.9. The predicted molar refractivity (Wildman–Crippen MR) is 111 cm³/mol. The third-order valence-corrected chi connectivity index (χ3v) is 5.30. The van der Waals surface area contributed by atoms with E-state index in [4.69, 9.17) is 4.42 Å². The third kappa shape index (κ3) is 6.14. The summed E-state index contributed by atoms with van der Waals surface area (Å²) in [6.07, 6.45) is 5.18. The van der Waals surface area contributed by atoms with Gasteiger partial charge in [0.15, 0.2) is 5.96 Å². The number of piperidine rings is 1. The van der Waals surface area contributed by atoms with Crippen molar-refractivity contribution in [1.82, 2.24) is 15.5 Å². The van der Waals surface area contributed by atoms with Crippen LogP contribution in [0.25, 0.3) is 0 Å². The van der Waals surface area contributed by atoms with Crippen LogP contribution in [0.4, 0.5) is 0 Å². The van der Waals surface area contributed by atoms with Gasteiger partial charge in [-0.15, -0.1) is 0 Å². The number of rotatable bonds is 7. The summed E-state index contributed by atoms with van der Waals surface area (Å²) < 4.78 is 5.37. The topological polar surface area (TPSA) is 52.8 Å². The Balaban J connectivity index is 1.49. The number of hydrogen-bond donors (Lipinski definition) is 2. The molecule has 0 aliphatic carbocycles.